The van der Waals surface area contributed by atoms with Gasteiger partial charge < -0.3 is 14.8 Å². The highest BCUT2D eigenvalue weighted by molar-refractivity contribution is 5.72. The molecule has 0 aromatic rings. The van der Waals surface area contributed by atoms with E-state index in [9.17, 15) is 4.79 Å². The van der Waals surface area contributed by atoms with Gasteiger partial charge in [-0.1, -0.05) is 6.92 Å². The van der Waals surface area contributed by atoms with E-state index in [1.54, 1.807) is 0 Å². The lowest BCUT2D eigenvalue weighted by Crippen LogP contribution is -2.40. The highest BCUT2D eigenvalue weighted by Crippen LogP contribution is 2.06. The second kappa shape index (κ2) is 6.80. The van der Waals surface area contributed by atoms with Gasteiger partial charge in [0.2, 0.25) is 0 Å². The Bertz CT molecular complexity index is 190. The van der Waals surface area contributed by atoms with Gasteiger partial charge in [0, 0.05) is 19.2 Å². The minimum Gasteiger partial charge on any atom is -0.466 e. The molecule has 1 N–H and O–H groups in total. The second-order valence-electron chi connectivity index (χ2n) is 3.98. The summed E-state index contributed by atoms with van der Waals surface area (Å²) in [5, 5.41) is 3.33. The number of rotatable bonds is 5. The molecule has 0 aliphatic carbocycles. The van der Waals surface area contributed by atoms with Gasteiger partial charge in [-0.3, -0.25) is 4.79 Å². The number of hydrogen-bond donors (Lipinski definition) is 1. The van der Waals surface area contributed by atoms with Gasteiger partial charge in [-0.05, 0) is 19.8 Å². The average molecular weight is 215 g/mol. The van der Waals surface area contributed by atoms with E-state index in [1.165, 1.54) is 0 Å². The molecular formula is C11H21NO3. The first-order valence-corrected chi connectivity index (χ1v) is 5.71. The topological polar surface area (TPSA) is 47.6 Å². The zero-order valence-corrected chi connectivity index (χ0v) is 9.62. The van der Waals surface area contributed by atoms with Crippen LogP contribution in [0.4, 0.5) is 0 Å². The minimum atomic E-state index is -0.123. The first kappa shape index (κ1) is 12.5. The summed E-state index contributed by atoms with van der Waals surface area (Å²) in [6.45, 7) is 6.46. The Morgan fingerprint density at radius 1 is 1.67 bits per heavy atom. The lowest BCUT2D eigenvalue weighted by molar-refractivity contribution is -0.147. The molecular weight excluding hydrogens is 194 g/mol. The van der Waals surface area contributed by atoms with E-state index in [4.69, 9.17) is 9.47 Å². The van der Waals surface area contributed by atoms with E-state index in [0.29, 0.717) is 19.2 Å². The molecule has 88 valence electrons. The zero-order chi connectivity index (χ0) is 11.1. The molecule has 2 atom stereocenters. The molecule has 0 bridgehead atoms. The molecule has 0 radical (unpaired) electrons. The fraction of sp³-hybridized carbons (Fsp3) is 0.909. The van der Waals surface area contributed by atoms with Crippen molar-refractivity contribution < 1.29 is 14.3 Å². The molecule has 0 spiro atoms. The van der Waals surface area contributed by atoms with Crippen LogP contribution >= 0.6 is 0 Å². The van der Waals surface area contributed by atoms with Gasteiger partial charge in [-0.15, -0.1) is 0 Å². The molecule has 1 rings (SSSR count). The zero-order valence-electron chi connectivity index (χ0n) is 9.62. The number of esters is 1. The molecule has 2 unspecified atom stereocenters. The molecule has 4 heteroatoms. The molecule has 1 saturated heterocycles. The average Bonchev–Trinajstić information content (AvgIpc) is 2.27. The predicted molar refractivity (Wildman–Crippen MR) is 57.6 cm³/mol. The minimum absolute atomic E-state index is 0.0770. The van der Waals surface area contributed by atoms with Crippen molar-refractivity contribution in [2.75, 3.05) is 26.4 Å². The molecule has 1 aliphatic heterocycles. The Kier molecular flexibility index (Phi) is 5.65. The molecule has 0 saturated carbocycles. The van der Waals surface area contributed by atoms with Crippen LogP contribution < -0.4 is 5.32 Å². The van der Waals surface area contributed by atoms with Crippen molar-refractivity contribution in [3.8, 4) is 0 Å². The van der Waals surface area contributed by atoms with Crippen LogP contribution in [0.2, 0.25) is 0 Å². The summed E-state index contributed by atoms with van der Waals surface area (Å²) < 4.78 is 10.3. The molecule has 1 fully saturated rings. The highest BCUT2D eigenvalue weighted by atomic mass is 16.5. The fourth-order valence-electron chi connectivity index (χ4n) is 1.61. The summed E-state index contributed by atoms with van der Waals surface area (Å²) in [4.78, 5) is 11.3. The quantitative estimate of drug-likeness (QED) is 0.694. The van der Waals surface area contributed by atoms with Crippen molar-refractivity contribution in [3.63, 3.8) is 0 Å². The molecule has 1 aliphatic rings. The van der Waals surface area contributed by atoms with Crippen molar-refractivity contribution in [2.45, 2.75) is 32.7 Å². The fourth-order valence-corrected chi connectivity index (χ4v) is 1.61. The molecule has 4 nitrogen and oxygen atoms in total. The van der Waals surface area contributed by atoms with Gasteiger partial charge in [0.15, 0.2) is 0 Å². The van der Waals surface area contributed by atoms with Crippen molar-refractivity contribution in [3.05, 3.63) is 0 Å². The lowest BCUT2D eigenvalue weighted by Gasteiger charge is -2.24. The van der Waals surface area contributed by atoms with Crippen LogP contribution in [0.15, 0.2) is 0 Å². The van der Waals surface area contributed by atoms with Crippen molar-refractivity contribution >= 4 is 5.97 Å². The Balaban J connectivity index is 2.14. The summed E-state index contributed by atoms with van der Waals surface area (Å²) >= 11 is 0. The van der Waals surface area contributed by atoms with Gasteiger partial charge in [0.05, 0.1) is 19.1 Å². The van der Waals surface area contributed by atoms with E-state index in [0.717, 1.165) is 26.1 Å². The Morgan fingerprint density at radius 3 is 3.07 bits per heavy atom. The standard InChI is InChI=1S/C11H21NO3/c1-3-15-11(13)9(2)7-12-10-5-4-6-14-8-10/h9-10,12H,3-8H2,1-2H3. The van der Waals surface area contributed by atoms with E-state index in [2.05, 4.69) is 5.32 Å². The van der Waals surface area contributed by atoms with Crippen LogP contribution in [0, 0.1) is 5.92 Å². The van der Waals surface area contributed by atoms with Gasteiger partial charge in [-0.2, -0.15) is 0 Å². The van der Waals surface area contributed by atoms with Crippen LogP contribution in [0.5, 0.6) is 0 Å². The summed E-state index contributed by atoms with van der Waals surface area (Å²) in [6.07, 6.45) is 2.24. The van der Waals surface area contributed by atoms with Crippen LogP contribution in [0.1, 0.15) is 26.7 Å². The number of hydrogen-bond acceptors (Lipinski definition) is 4. The third-order valence-electron chi connectivity index (χ3n) is 2.56. The maximum atomic E-state index is 11.3. The normalized spacial score (nSPS) is 23.5. The van der Waals surface area contributed by atoms with Crippen molar-refractivity contribution in [2.24, 2.45) is 5.92 Å². The van der Waals surface area contributed by atoms with Gasteiger partial charge in [0.1, 0.15) is 0 Å². The molecule has 1 heterocycles. The van der Waals surface area contributed by atoms with Crippen molar-refractivity contribution in [1.29, 1.82) is 0 Å². The SMILES string of the molecule is CCOC(=O)C(C)CNC1CCCOC1. The number of nitrogens with one attached hydrogen (secondary N) is 1. The van der Waals surface area contributed by atoms with Crippen LogP contribution in [-0.2, 0) is 14.3 Å². The third-order valence-corrected chi connectivity index (χ3v) is 2.56. The molecule has 15 heavy (non-hydrogen) atoms. The van der Waals surface area contributed by atoms with E-state index in [-0.39, 0.29) is 11.9 Å². The maximum absolute atomic E-state index is 11.3. The maximum Gasteiger partial charge on any atom is 0.309 e. The van der Waals surface area contributed by atoms with Crippen LogP contribution in [-0.4, -0.2) is 38.4 Å². The molecule has 0 aromatic carbocycles. The highest BCUT2D eigenvalue weighted by Gasteiger charge is 2.17. The monoisotopic (exact) mass is 215 g/mol. The largest absolute Gasteiger partial charge is 0.466 e. The number of carbonyl (C=O) groups is 1. The third kappa shape index (κ3) is 4.62. The predicted octanol–water partition coefficient (Wildman–Crippen LogP) is 0.954. The molecule has 0 aromatic heterocycles. The summed E-state index contributed by atoms with van der Waals surface area (Å²) in [7, 11) is 0. The van der Waals surface area contributed by atoms with Crippen LogP contribution in [0.3, 0.4) is 0 Å². The lowest BCUT2D eigenvalue weighted by atomic mass is 10.1. The summed E-state index contributed by atoms with van der Waals surface area (Å²) in [5.41, 5.74) is 0. The Labute approximate surface area is 91.3 Å². The van der Waals surface area contributed by atoms with Gasteiger partial charge >= 0.3 is 5.97 Å². The van der Waals surface area contributed by atoms with Gasteiger partial charge in [-0.25, -0.2) is 0 Å². The molecule has 0 amide bonds. The number of ether oxygens (including phenoxy) is 2. The number of carbonyl (C=O) groups excluding carboxylic acids is 1. The van der Waals surface area contributed by atoms with Gasteiger partial charge in [0.25, 0.3) is 0 Å². The van der Waals surface area contributed by atoms with E-state index >= 15 is 0 Å². The Morgan fingerprint density at radius 2 is 2.47 bits per heavy atom. The first-order valence-electron chi connectivity index (χ1n) is 5.71. The summed E-state index contributed by atoms with van der Waals surface area (Å²) in [5.74, 6) is -0.200. The van der Waals surface area contributed by atoms with E-state index in [1.807, 2.05) is 13.8 Å². The van der Waals surface area contributed by atoms with Crippen molar-refractivity contribution in [1.82, 2.24) is 5.32 Å². The Hall–Kier alpha value is -0.610. The first-order chi connectivity index (χ1) is 7.24. The summed E-state index contributed by atoms with van der Waals surface area (Å²) in [6, 6.07) is 0.399. The van der Waals surface area contributed by atoms with Crippen LogP contribution in [0.25, 0.3) is 0 Å². The smallest absolute Gasteiger partial charge is 0.309 e. The second-order valence-corrected chi connectivity index (χ2v) is 3.98. The van der Waals surface area contributed by atoms with E-state index < -0.39 is 0 Å².